The second-order valence-corrected chi connectivity index (χ2v) is 7.68. The zero-order chi connectivity index (χ0) is 21.3. The van der Waals surface area contributed by atoms with Crippen LogP contribution < -0.4 is 0 Å². The van der Waals surface area contributed by atoms with E-state index in [1.54, 1.807) is 13.2 Å². The number of carbonyl (C=O) groups is 2. The van der Waals surface area contributed by atoms with Crippen LogP contribution in [0.25, 0.3) is 10.9 Å². The van der Waals surface area contributed by atoms with E-state index in [2.05, 4.69) is 15.6 Å². The third-order valence-corrected chi connectivity index (χ3v) is 5.28. The molecule has 6 nitrogen and oxygen atoms in total. The van der Waals surface area contributed by atoms with Crippen molar-refractivity contribution in [3.05, 3.63) is 58.0 Å². The van der Waals surface area contributed by atoms with E-state index in [-0.39, 0.29) is 18.4 Å². The van der Waals surface area contributed by atoms with E-state index >= 15 is 0 Å². The van der Waals surface area contributed by atoms with Gasteiger partial charge in [-0.1, -0.05) is 6.07 Å². The van der Waals surface area contributed by atoms with Crippen LogP contribution in [0, 0.1) is 27.7 Å². The summed E-state index contributed by atoms with van der Waals surface area (Å²) in [4.78, 5) is 28.2. The minimum absolute atomic E-state index is 0.113. The molecule has 0 aliphatic heterocycles. The fourth-order valence-electron chi connectivity index (χ4n) is 4.05. The van der Waals surface area contributed by atoms with Crippen LogP contribution in [-0.4, -0.2) is 41.6 Å². The van der Waals surface area contributed by atoms with E-state index in [9.17, 15) is 9.59 Å². The number of Topliss-reactive ketones (excluding diaryl/α,β-unsaturated/α-hetero) is 1. The lowest BCUT2D eigenvalue weighted by molar-refractivity contribution is 0.0469. The average molecular weight is 396 g/mol. The van der Waals surface area contributed by atoms with Gasteiger partial charge in [-0.2, -0.15) is 0 Å². The standard InChI is InChI=1S/C23H28N2O4/c1-13-7-14(2)18-10-21(24-20(18)8-13)23(27)29-12-22(26)19-9-15(3)25(17(19)5)16(4)11-28-6/h7-10,16,24H,11-12H2,1-6H3. The largest absolute Gasteiger partial charge is 0.453 e. The quantitative estimate of drug-likeness (QED) is 0.473. The Bertz CT molecular complexity index is 1070. The molecule has 29 heavy (non-hydrogen) atoms. The van der Waals surface area contributed by atoms with Gasteiger partial charge >= 0.3 is 5.97 Å². The van der Waals surface area contributed by atoms with Gasteiger partial charge in [0.2, 0.25) is 5.78 Å². The lowest BCUT2D eigenvalue weighted by Gasteiger charge is -2.17. The normalized spacial score (nSPS) is 12.3. The number of fused-ring (bicyclic) bond motifs is 1. The van der Waals surface area contributed by atoms with E-state index in [1.807, 2.05) is 46.8 Å². The molecule has 0 bridgehead atoms. The molecule has 0 radical (unpaired) electrons. The minimum atomic E-state index is -0.534. The van der Waals surface area contributed by atoms with Crippen molar-refractivity contribution in [3.8, 4) is 0 Å². The smallest absolute Gasteiger partial charge is 0.355 e. The van der Waals surface area contributed by atoms with Crippen molar-refractivity contribution in [2.75, 3.05) is 20.3 Å². The Kier molecular flexibility index (Phi) is 5.94. The predicted molar refractivity (Wildman–Crippen MR) is 113 cm³/mol. The summed E-state index contributed by atoms with van der Waals surface area (Å²) in [5, 5.41) is 0.976. The van der Waals surface area contributed by atoms with Crippen molar-refractivity contribution in [1.82, 2.24) is 9.55 Å². The number of ketones is 1. The number of ether oxygens (including phenoxy) is 2. The highest BCUT2D eigenvalue weighted by Crippen LogP contribution is 2.23. The van der Waals surface area contributed by atoms with Gasteiger partial charge in [-0.25, -0.2) is 4.79 Å². The number of nitrogens with zero attached hydrogens (tertiary/aromatic N) is 1. The molecule has 1 aromatic carbocycles. The Labute approximate surface area is 170 Å². The van der Waals surface area contributed by atoms with Gasteiger partial charge in [0.05, 0.1) is 12.6 Å². The second-order valence-electron chi connectivity index (χ2n) is 7.68. The number of benzene rings is 1. The summed E-state index contributed by atoms with van der Waals surface area (Å²) in [5.41, 5.74) is 5.83. The third kappa shape index (κ3) is 4.12. The van der Waals surface area contributed by atoms with E-state index < -0.39 is 5.97 Å². The summed E-state index contributed by atoms with van der Waals surface area (Å²) in [6.45, 7) is 10.2. The zero-order valence-corrected chi connectivity index (χ0v) is 17.9. The van der Waals surface area contributed by atoms with Crippen molar-refractivity contribution in [2.24, 2.45) is 0 Å². The summed E-state index contributed by atoms with van der Waals surface area (Å²) in [7, 11) is 1.66. The van der Waals surface area contributed by atoms with Crippen LogP contribution in [0.3, 0.4) is 0 Å². The van der Waals surface area contributed by atoms with Crippen LogP contribution in [0.5, 0.6) is 0 Å². The molecule has 0 saturated carbocycles. The fraction of sp³-hybridized carbons (Fsp3) is 0.391. The van der Waals surface area contributed by atoms with Gasteiger partial charge in [-0.15, -0.1) is 0 Å². The molecule has 0 aliphatic rings. The maximum atomic E-state index is 12.7. The first kappa shape index (κ1) is 20.9. The Morgan fingerprint density at radius 1 is 1.10 bits per heavy atom. The highest BCUT2D eigenvalue weighted by Gasteiger charge is 2.21. The van der Waals surface area contributed by atoms with Gasteiger partial charge in [-0.05, 0) is 63.9 Å². The molecule has 1 atom stereocenters. The molecule has 0 aliphatic carbocycles. The predicted octanol–water partition coefficient (Wildman–Crippen LogP) is 4.45. The molecular formula is C23H28N2O4. The summed E-state index contributed by atoms with van der Waals surface area (Å²) in [6, 6.07) is 7.78. The van der Waals surface area contributed by atoms with Crippen LogP contribution in [-0.2, 0) is 9.47 Å². The Hall–Kier alpha value is -2.86. The molecule has 3 rings (SSSR count). The van der Waals surface area contributed by atoms with Crippen LogP contribution >= 0.6 is 0 Å². The van der Waals surface area contributed by atoms with Gasteiger partial charge in [0.1, 0.15) is 5.69 Å². The van der Waals surface area contributed by atoms with Crippen LogP contribution in [0.15, 0.2) is 24.3 Å². The number of nitrogens with one attached hydrogen (secondary N) is 1. The number of aromatic nitrogens is 2. The zero-order valence-electron chi connectivity index (χ0n) is 17.9. The van der Waals surface area contributed by atoms with Crippen LogP contribution in [0.1, 0.15) is 56.3 Å². The van der Waals surface area contributed by atoms with Crippen molar-refractivity contribution < 1.29 is 19.1 Å². The lowest BCUT2D eigenvalue weighted by atomic mass is 10.1. The number of aromatic amines is 1. The molecule has 2 aromatic heterocycles. The lowest BCUT2D eigenvalue weighted by Crippen LogP contribution is -2.17. The van der Waals surface area contributed by atoms with Crippen molar-refractivity contribution in [1.29, 1.82) is 0 Å². The first-order valence-electron chi connectivity index (χ1n) is 9.70. The van der Waals surface area contributed by atoms with Crippen LogP contribution in [0.4, 0.5) is 0 Å². The number of aryl methyl sites for hydroxylation is 3. The third-order valence-electron chi connectivity index (χ3n) is 5.28. The van der Waals surface area contributed by atoms with Gasteiger partial charge in [0.25, 0.3) is 0 Å². The molecule has 6 heteroatoms. The average Bonchev–Trinajstić information content (AvgIpc) is 3.20. The summed E-state index contributed by atoms with van der Waals surface area (Å²) in [5.74, 6) is -0.751. The fourth-order valence-corrected chi connectivity index (χ4v) is 4.05. The van der Waals surface area contributed by atoms with Crippen molar-refractivity contribution >= 4 is 22.7 Å². The number of rotatable bonds is 7. The van der Waals surface area contributed by atoms with Gasteiger partial charge in [0, 0.05) is 35.0 Å². The number of hydrogen-bond acceptors (Lipinski definition) is 4. The molecule has 3 aromatic rings. The Balaban J connectivity index is 1.73. The van der Waals surface area contributed by atoms with E-state index in [0.717, 1.165) is 33.4 Å². The van der Waals surface area contributed by atoms with E-state index in [0.29, 0.717) is 17.9 Å². The molecule has 1 unspecified atom stereocenters. The number of carbonyl (C=O) groups excluding carboxylic acids is 2. The molecule has 0 amide bonds. The van der Waals surface area contributed by atoms with Gasteiger partial charge in [0.15, 0.2) is 6.61 Å². The highest BCUT2D eigenvalue weighted by atomic mass is 16.5. The SMILES string of the molecule is COCC(C)n1c(C)cc(C(=O)COC(=O)c2cc3c(C)cc(C)cc3[nH]2)c1C. The maximum Gasteiger partial charge on any atom is 0.355 e. The maximum absolute atomic E-state index is 12.7. The topological polar surface area (TPSA) is 73.3 Å². The number of hydrogen-bond donors (Lipinski definition) is 1. The summed E-state index contributed by atoms with van der Waals surface area (Å²) in [6.07, 6.45) is 0. The van der Waals surface area contributed by atoms with Crippen LogP contribution in [0.2, 0.25) is 0 Å². The highest BCUT2D eigenvalue weighted by molar-refractivity contribution is 6.01. The van der Waals surface area contributed by atoms with Crippen molar-refractivity contribution in [3.63, 3.8) is 0 Å². The van der Waals surface area contributed by atoms with Gasteiger partial charge < -0.3 is 19.0 Å². The minimum Gasteiger partial charge on any atom is -0.453 e. The number of esters is 1. The van der Waals surface area contributed by atoms with E-state index in [4.69, 9.17) is 9.47 Å². The number of H-pyrrole nitrogens is 1. The Morgan fingerprint density at radius 3 is 2.52 bits per heavy atom. The number of methoxy groups -OCH3 is 1. The second kappa shape index (κ2) is 8.25. The van der Waals surface area contributed by atoms with Crippen molar-refractivity contribution in [2.45, 2.75) is 40.7 Å². The first-order valence-corrected chi connectivity index (χ1v) is 9.70. The summed E-state index contributed by atoms with van der Waals surface area (Å²) < 4.78 is 12.6. The molecule has 2 heterocycles. The first-order chi connectivity index (χ1) is 13.7. The van der Waals surface area contributed by atoms with Gasteiger partial charge in [-0.3, -0.25) is 4.79 Å². The molecule has 154 valence electrons. The monoisotopic (exact) mass is 396 g/mol. The Morgan fingerprint density at radius 2 is 1.83 bits per heavy atom. The molecule has 0 fully saturated rings. The molecule has 0 spiro atoms. The molecule has 0 saturated heterocycles. The molecular weight excluding hydrogens is 368 g/mol. The molecule has 1 N–H and O–H groups in total. The summed E-state index contributed by atoms with van der Waals surface area (Å²) >= 11 is 0. The van der Waals surface area contributed by atoms with E-state index in [1.165, 1.54) is 0 Å².